The molecule has 2 aliphatic rings. The molecule has 3 heterocycles. The number of aromatic nitrogens is 2. The number of allylic oxidation sites excluding steroid dienone is 3. The summed E-state index contributed by atoms with van der Waals surface area (Å²) < 4.78 is 43.9. The fourth-order valence-electron chi connectivity index (χ4n) is 4.21. The first-order valence-corrected chi connectivity index (χ1v) is 10.8. The summed E-state index contributed by atoms with van der Waals surface area (Å²) in [4.78, 5) is 2.36. The van der Waals surface area contributed by atoms with Gasteiger partial charge < -0.3 is 28.9 Å². The van der Waals surface area contributed by atoms with E-state index in [1.165, 1.54) is 22.7 Å². The van der Waals surface area contributed by atoms with Crippen molar-refractivity contribution < 1.29 is 41.7 Å². The van der Waals surface area contributed by atoms with Crippen molar-refractivity contribution in [3.63, 3.8) is 0 Å². The van der Waals surface area contributed by atoms with E-state index in [0.29, 0.717) is 12.1 Å². The average Bonchev–Trinajstić information content (AvgIpc) is 3.27. The maximum Gasteiger partial charge on any atom is 0.416 e. The molecule has 1 saturated heterocycles. The molecule has 1 aromatic carbocycles. The zero-order valence-electron chi connectivity index (χ0n) is 16.6. The Kier molecular flexibility index (Phi) is 6.92. The highest BCUT2D eigenvalue weighted by molar-refractivity contribution is 8.03. The molecule has 0 bridgehead atoms. The Balaban J connectivity index is 0.00000240. The van der Waals surface area contributed by atoms with E-state index < -0.39 is 11.7 Å². The number of alkyl halides is 3. The van der Waals surface area contributed by atoms with Gasteiger partial charge in [0.15, 0.2) is 11.0 Å². The van der Waals surface area contributed by atoms with Gasteiger partial charge in [-0.05, 0) is 51.0 Å². The standard InChI is InChI=1S/C21H25F3N3S.HI/c1-3-25-12-13-28-19(25)10-7-15-6-5-11-27-17-9-8-16(21(22,23)24)14-18(17)26(4-2)20(15)27;/h7-10,14H,3-6,11-13H2,1-2H3;1H/q+1;/p-1. The highest BCUT2D eigenvalue weighted by Gasteiger charge is 2.35. The number of halogens is 4. The average molecular weight is 535 g/mol. The number of imidazole rings is 1. The van der Waals surface area contributed by atoms with Crippen LogP contribution in [0.3, 0.4) is 0 Å². The number of hydrogen-bond acceptors (Lipinski definition) is 2. The van der Waals surface area contributed by atoms with Crippen LogP contribution >= 0.6 is 11.8 Å². The van der Waals surface area contributed by atoms with Gasteiger partial charge in [0.2, 0.25) is 0 Å². The molecule has 1 fully saturated rings. The lowest BCUT2D eigenvalue weighted by Gasteiger charge is -2.16. The quantitative estimate of drug-likeness (QED) is 0.441. The largest absolute Gasteiger partial charge is 1.00 e. The molecule has 0 spiro atoms. The lowest BCUT2D eigenvalue weighted by atomic mass is 10.1. The zero-order valence-corrected chi connectivity index (χ0v) is 19.6. The third kappa shape index (κ3) is 4.19. The predicted octanol–water partition coefficient (Wildman–Crippen LogP) is 2.06. The van der Waals surface area contributed by atoms with Crippen molar-refractivity contribution in [3.8, 4) is 0 Å². The Morgan fingerprint density at radius 3 is 2.66 bits per heavy atom. The van der Waals surface area contributed by atoms with Crippen LogP contribution in [0.15, 0.2) is 35.4 Å². The Morgan fingerprint density at radius 1 is 1.17 bits per heavy atom. The summed E-state index contributed by atoms with van der Waals surface area (Å²) in [5.41, 5.74) is 2.17. The lowest BCUT2D eigenvalue weighted by molar-refractivity contribution is -0.678. The van der Waals surface area contributed by atoms with Crippen LogP contribution in [-0.4, -0.2) is 28.3 Å². The number of benzene rings is 1. The molecule has 158 valence electrons. The van der Waals surface area contributed by atoms with Gasteiger partial charge in [-0.1, -0.05) is 0 Å². The third-order valence-corrected chi connectivity index (χ3v) is 6.64. The second-order valence-corrected chi connectivity index (χ2v) is 8.26. The number of nitrogens with zero attached hydrogens (tertiary/aromatic N) is 3. The predicted molar refractivity (Wildman–Crippen MR) is 108 cm³/mol. The van der Waals surface area contributed by atoms with E-state index in [1.807, 2.05) is 23.3 Å². The van der Waals surface area contributed by atoms with Crippen LogP contribution in [0.25, 0.3) is 16.6 Å². The first-order chi connectivity index (χ1) is 13.4. The molecule has 0 N–H and O–H groups in total. The summed E-state index contributed by atoms with van der Waals surface area (Å²) in [5.74, 6) is 2.16. The molecule has 8 heteroatoms. The van der Waals surface area contributed by atoms with Crippen molar-refractivity contribution in [2.24, 2.45) is 0 Å². The number of rotatable bonds is 3. The summed E-state index contributed by atoms with van der Waals surface area (Å²) in [7, 11) is 0. The van der Waals surface area contributed by atoms with E-state index in [0.717, 1.165) is 49.6 Å². The molecular formula is C21H25F3IN3S. The molecule has 4 rings (SSSR count). The Labute approximate surface area is 190 Å². The second-order valence-electron chi connectivity index (χ2n) is 7.15. The number of thioether (sulfide) groups is 1. The summed E-state index contributed by atoms with van der Waals surface area (Å²) in [6, 6.07) is 4.12. The van der Waals surface area contributed by atoms with Gasteiger partial charge in [0.05, 0.1) is 23.7 Å². The maximum absolute atomic E-state index is 13.2. The summed E-state index contributed by atoms with van der Waals surface area (Å²) in [6.07, 6.45) is 1.99. The van der Waals surface area contributed by atoms with Gasteiger partial charge in [0.1, 0.15) is 0 Å². The molecule has 0 amide bonds. The van der Waals surface area contributed by atoms with Crippen molar-refractivity contribution in [2.45, 2.75) is 46.0 Å². The highest BCUT2D eigenvalue weighted by Crippen LogP contribution is 2.34. The van der Waals surface area contributed by atoms with Gasteiger partial charge in [0.25, 0.3) is 5.82 Å². The van der Waals surface area contributed by atoms with Crippen LogP contribution in [0.1, 0.15) is 38.1 Å². The van der Waals surface area contributed by atoms with Crippen molar-refractivity contribution in [1.29, 1.82) is 0 Å². The summed E-state index contributed by atoms with van der Waals surface area (Å²) >= 11 is 1.87. The van der Waals surface area contributed by atoms with Gasteiger partial charge in [-0.2, -0.15) is 13.2 Å². The fourth-order valence-corrected chi connectivity index (χ4v) is 5.30. The van der Waals surface area contributed by atoms with E-state index in [1.54, 1.807) is 6.07 Å². The van der Waals surface area contributed by atoms with Crippen molar-refractivity contribution >= 4 is 28.4 Å². The van der Waals surface area contributed by atoms with E-state index in [4.69, 9.17) is 0 Å². The van der Waals surface area contributed by atoms with Crippen molar-refractivity contribution in [1.82, 2.24) is 9.47 Å². The van der Waals surface area contributed by atoms with E-state index >= 15 is 0 Å². The van der Waals surface area contributed by atoms with Crippen LogP contribution in [-0.2, 0) is 19.3 Å². The molecule has 29 heavy (non-hydrogen) atoms. The third-order valence-electron chi connectivity index (χ3n) is 5.56. The van der Waals surface area contributed by atoms with Crippen molar-refractivity contribution in [2.75, 3.05) is 18.8 Å². The Hall–Kier alpha value is -1.16. The molecule has 2 aliphatic heterocycles. The molecule has 0 aliphatic carbocycles. The monoisotopic (exact) mass is 535 g/mol. The van der Waals surface area contributed by atoms with Crippen LogP contribution < -0.4 is 28.5 Å². The molecule has 0 saturated carbocycles. The summed E-state index contributed by atoms with van der Waals surface area (Å²) in [6.45, 7) is 7.71. The molecule has 0 atom stereocenters. The molecule has 0 radical (unpaired) electrons. The zero-order chi connectivity index (χ0) is 19.9. The SMILES string of the molecule is CCN1CCSC1=CC=C1CCC[n+]2c1n(CC)c1cc(C(F)(F)F)ccc12.[I-]. The van der Waals surface area contributed by atoms with Crippen molar-refractivity contribution in [3.05, 3.63) is 46.8 Å². The Morgan fingerprint density at radius 2 is 1.97 bits per heavy atom. The minimum absolute atomic E-state index is 0. The van der Waals surface area contributed by atoms with Gasteiger partial charge in [0, 0.05) is 30.5 Å². The normalized spacial score (nSPS) is 19.8. The van der Waals surface area contributed by atoms with Crippen LogP contribution in [0.4, 0.5) is 13.2 Å². The van der Waals surface area contributed by atoms with Gasteiger partial charge in [-0.3, -0.25) is 0 Å². The number of hydrogen-bond donors (Lipinski definition) is 0. The van der Waals surface area contributed by atoms with Gasteiger partial charge in [-0.15, -0.1) is 11.8 Å². The van der Waals surface area contributed by atoms with Gasteiger partial charge >= 0.3 is 6.18 Å². The molecular weight excluding hydrogens is 510 g/mol. The fraction of sp³-hybridized carbons (Fsp3) is 0.476. The van der Waals surface area contributed by atoms with Crippen LogP contribution in [0, 0.1) is 0 Å². The molecule has 0 unspecified atom stereocenters. The smallest absolute Gasteiger partial charge is 0.416 e. The van der Waals surface area contributed by atoms with Gasteiger partial charge in [-0.25, -0.2) is 9.13 Å². The maximum atomic E-state index is 13.2. The lowest BCUT2D eigenvalue weighted by Crippen LogP contribution is -3.00. The van der Waals surface area contributed by atoms with E-state index in [2.05, 4.69) is 28.5 Å². The van der Waals surface area contributed by atoms with E-state index in [-0.39, 0.29) is 24.0 Å². The minimum atomic E-state index is -4.32. The molecule has 1 aromatic heterocycles. The molecule has 2 aromatic rings. The second kappa shape index (κ2) is 8.91. The summed E-state index contributed by atoms with van der Waals surface area (Å²) in [5, 5.41) is 1.28. The van der Waals surface area contributed by atoms with Crippen LogP contribution in [0.5, 0.6) is 0 Å². The topological polar surface area (TPSA) is 12.1 Å². The highest BCUT2D eigenvalue weighted by atomic mass is 127. The number of aryl methyl sites for hydroxylation is 2. The number of fused-ring (bicyclic) bond motifs is 3. The minimum Gasteiger partial charge on any atom is -1.00 e. The van der Waals surface area contributed by atoms with E-state index in [9.17, 15) is 13.2 Å². The van der Waals surface area contributed by atoms with Crippen LogP contribution in [0.2, 0.25) is 0 Å². The first kappa shape index (κ1) is 22.5. The Bertz CT molecular complexity index is 962. The molecule has 3 nitrogen and oxygen atoms in total. The first-order valence-electron chi connectivity index (χ1n) is 9.86.